The van der Waals surface area contributed by atoms with E-state index in [1.807, 2.05) is 0 Å². The van der Waals surface area contributed by atoms with E-state index < -0.39 is 29.1 Å². The van der Waals surface area contributed by atoms with Crippen LogP contribution >= 0.6 is 0 Å². The third-order valence-corrected chi connectivity index (χ3v) is 2.89. The minimum absolute atomic E-state index is 0.102. The Morgan fingerprint density at radius 2 is 1.76 bits per heavy atom. The number of carbonyl (C=O) groups is 2. The standard InChI is InChI=1S/C15H11F2NO3/c1-8-6-10(3-4-11(8)15(20)21)18-14(19)12-7-9(16)2-5-13(12)17/h2-7H,1H3,(H,18,19)(H,20,21). The molecule has 0 aliphatic rings. The SMILES string of the molecule is Cc1cc(NC(=O)c2cc(F)ccc2F)ccc1C(=O)O. The van der Waals surface area contributed by atoms with Crippen LogP contribution in [0.1, 0.15) is 26.3 Å². The summed E-state index contributed by atoms with van der Waals surface area (Å²) in [5, 5.41) is 11.3. The van der Waals surface area contributed by atoms with Crippen molar-refractivity contribution in [2.45, 2.75) is 6.92 Å². The summed E-state index contributed by atoms with van der Waals surface area (Å²) < 4.78 is 26.5. The van der Waals surface area contributed by atoms with Crippen molar-refractivity contribution in [3.8, 4) is 0 Å². The molecule has 0 unspecified atom stereocenters. The Kier molecular flexibility index (Phi) is 3.98. The molecule has 0 spiro atoms. The van der Waals surface area contributed by atoms with Crippen molar-refractivity contribution in [2.75, 3.05) is 5.32 Å². The highest BCUT2D eigenvalue weighted by Crippen LogP contribution is 2.17. The van der Waals surface area contributed by atoms with Crippen molar-refractivity contribution in [3.63, 3.8) is 0 Å². The molecule has 2 aromatic carbocycles. The monoisotopic (exact) mass is 291 g/mol. The number of anilines is 1. The fourth-order valence-corrected chi connectivity index (χ4v) is 1.85. The van der Waals surface area contributed by atoms with Gasteiger partial charge in [-0.15, -0.1) is 0 Å². The van der Waals surface area contributed by atoms with Crippen LogP contribution < -0.4 is 5.32 Å². The zero-order valence-corrected chi connectivity index (χ0v) is 11.0. The molecule has 0 atom stereocenters. The van der Waals surface area contributed by atoms with Crippen LogP contribution in [0, 0.1) is 18.6 Å². The van der Waals surface area contributed by atoms with Crippen molar-refractivity contribution >= 4 is 17.6 Å². The summed E-state index contributed by atoms with van der Waals surface area (Å²) in [5.74, 6) is -3.46. The summed E-state index contributed by atoms with van der Waals surface area (Å²) in [6, 6.07) is 6.73. The third-order valence-electron chi connectivity index (χ3n) is 2.89. The molecule has 4 nitrogen and oxygen atoms in total. The minimum Gasteiger partial charge on any atom is -0.478 e. The van der Waals surface area contributed by atoms with E-state index in [1.54, 1.807) is 6.92 Å². The molecule has 6 heteroatoms. The number of rotatable bonds is 3. The number of amides is 1. The lowest BCUT2D eigenvalue weighted by molar-refractivity contribution is 0.0696. The maximum atomic E-state index is 13.5. The molecule has 0 saturated carbocycles. The van der Waals surface area contributed by atoms with Crippen molar-refractivity contribution in [1.29, 1.82) is 0 Å². The van der Waals surface area contributed by atoms with Gasteiger partial charge in [-0.2, -0.15) is 0 Å². The van der Waals surface area contributed by atoms with E-state index in [4.69, 9.17) is 5.11 Å². The summed E-state index contributed by atoms with van der Waals surface area (Å²) in [6.07, 6.45) is 0. The summed E-state index contributed by atoms with van der Waals surface area (Å²) >= 11 is 0. The van der Waals surface area contributed by atoms with Crippen LogP contribution in [0.5, 0.6) is 0 Å². The highest BCUT2D eigenvalue weighted by atomic mass is 19.1. The van der Waals surface area contributed by atoms with Crippen molar-refractivity contribution in [3.05, 3.63) is 64.7 Å². The molecular weight excluding hydrogens is 280 g/mol. The molecule has 2 rings (SSSR count). The topological polar surface area (TPSA) is 66.4 Å². The number of aryl methyl sites for hydroxylation is 1. The van der Waals surface area contributed by atoms with Gasteiger partial charge in [-0.05, 0) is 48.9 Å². The minimum atomic E-state index is -1.08. The zero-order valence-electron chi connectivity index (χ0n) is 11.0. The first-order valence-corrected chi connectivity index (χ1v) is 5.99. The maximum Gasteiger partial charge on any atom is 0.335 e. The number of hydrogen-bond acceptors (Lipinski definition) is 2. The van der Waals surface area contributed by atoms with Gasteiger partial charge in [-0.1, -0.05) is 0 Å². The summed E-state index contributed by atoms with van der Waals surface area (Å²) in [4.78, 5) is 22.8. The van der Waals surface area contributed by atoms with E-state index in [2.05, 4.69) is 5.32 Å². The molecule has 0 aliphatic carbocycles. The van der Waals surface area contributed by atoms with Crippen LogP contribution in [0.3, 0.4) is 0 Å². The second-order valence-corrected chi connectivity index (χ2v) is 4.41. The number of benzene rings is 2. The number of carboxylic acid groups (broad SMARTS) is 1. The maximum absolute atomic E-state index is 13.5. The van der Waals surface area contributed by atoms with Gasteiger partial charge in [0.05, 0.1) is 11.1 Å². The van der Waals surface area contributed by atoms with E-state index in [1.165, 1.54) is 18.2 Å². The van der Waals surface area contributed by atoms with Gasteiger partial charge in [0.15, 0.2) is 0 Å². The lowest BCUT2D eigenvalue weighted by Crippen LogP contribution is -2.14. The van der Waals surface area contributed by atoms with Gasteiger partial charge in [-0.3, -0.25) is 4.79 Å². The van der Waals surface area contributed by atoms with Crippen molar-refractivity contribution < 1.29 is 23.5 Å². The van der Waals surface area contributed by atoms with Gasteiger partial charge >= 0.3 is 5.97 Å². The van der Waals surface area contributed by atoms with Crippen LogP contribution in [-0.4, -0.2) is 17.0 Å². The Hall–Kier alpha value is -2.76. The summed E-state index contributed by atoms with van der Waals surface area (Å²) in [6.45, 7) is 1.57. The fourth-order valence-electron chi connectivity index (χ4n) is 1.85. The molecule has 108 valence electrons. The number of aromatic carboxylic acids is 1. The second kappa shape index (κ2) is 5.70. The van der Waals surface area contributed by atoms with E-state index in [0.29, 0.717) is 11.3 Å². The smallest absolute Gasteiger partial charge is 0.335 e. The van der Waals surface area contributed by atoms with Crippen LogP contribution in [-0.2, 0) is 0 Å². The summed E-state index contributed by atoms with van der Waals surface area (Å²) in [7, 11) is 0. The van der Waals surface area contributed by atoms with Crippen LogP contribution in [0.2, 0.25) is 0 Å². The van der Waals surface area contributed by atoms with E-state index in [0.717, 1.165) is 18.2 Å². The molecule has 0 aliphatic heterocycles. The first-order chi connectivity index (χ1) is 9.88. The molecule has 21 heavy (non-hydrogen) atoms. The van der Waals surface area contributed by atoms with Gasteiger partial charge in [0, 0.05) is 5.69 Å². The Balaban J connectivity index is 2.26. The Morgan fingerprint density at radius 3 is 2.38 bits per heavy atom. The number of halogens is 2. The Morgan fingerprint density at radius 1 is 1.05 bits per heavy atom. The molecule has 0 fully saturated rings. The first kappa shape index (κ1) is 14.6. The Labute approximate surface area is 119 Å². The average Bonchev–Trinajstić information content (AvgIpc) is 2.41. The molecule has 2 N–H and O–H groups in total. The molecule has 2 aromatic rings. The number of carbonyl (C=O) groups excluding carboxylic acids is 1. The first-order valence-electron chi connectivity index (χ1n) is 5.99. The quantitative estimate of drug-likeness (QED) is 0.912. The average molecular weight is 291 g/mol. The van der Waals surface area contributed by atoms with E-state index in [-0.39, 0.29) is 5.56 Å². The predicted molar refractivity (Wildman–Crippen MR) is 72.4 cm³/mol. The van der Waals surface area contributed by atoms with Crippen molar-refractivity contribution in [1.82, 2.24) is 0 Å². The fraction of sp³-hybridized carbons (Fsp3) is 0.0667. The highest BCUT2D eigenvalue weighted by Gasteiger charge is 2.14. The molecular formula is C15H11F2NO3. The van der Waals surface area contributed by atoms with Crippen LogP contribution in [0.4, 0.5) is 14.5 Å². The van der Waals surface area contributed by atoms with Crippen LogP contribution in [0.25, 0.3) is 0 Å². The molecule has 0 heterocycles. The largest absolute Gasteiger partial charge is 0.478 e. The second-order valence-electron chi connectivity index (χ2n) is 4.41. The highest BCUT2D eigenvalue weighted by molar-refractivity contribution is 6.04. The number of carboxylic acids is 1. The Bertz CT molecular complexity index is 729. The van der Waals surface area contributed by atoms with Gasteiger partial charge < -0.3 is 10.4 Å². The summed E-state index contributed by atoms with van der Waals surface area (Å²) in [5.41, 5.74) is 0.422. The number of hydrogen-bond donors (Lipinski definition) is 2. The van der Waals surface area contributed by atoms with Gasteiger partial charge in [-0.25, -0.2) is 13.6 Å². The third kappa shape index (κ3) is 3.22. The van der Waals surface area contributed by atoms with Gasteiger partial charge in [0.1, 0.15) is 11.6 Å². The zero-order chi connectivity index (χ0) is 15.6. The molecule has 0 aromatic heterocycles. The lowest BCUT2D eigenvalue weighted by atomic mass is 10.1. The molecule has 1 amide bonds. The van der Waals surface area contributed by atoms with Gasteiger partial charge in [0.2, 0.25) is 0 Å². The van der Waals surface area contributed by atoms with E-state index in [9.17, 15) is 18.4 Å². The van der Waals surface area contributed by atoms with Crippen molar-refractivity contribution in [2.24, 2.45) is 0 Å². The molecule has 0 radical (unpaired) electrons. The normalized spacial score (nSPS) is 10.2. The predicted octanol–water partition coefficient (Wildman–Crippen LogP) is 3.22. The van der Waals surface area contributed by atoms with E-state index >= 15 is 0 Å². The van der Waals surface area contributed by atoms with Crippen LogP contribution in [0.15, 0.2) is 36.4 Å². The molecule has 0 bridgehead atoms. The lowest BCUT2D eigenvalue weighted by Gasteiger charge is -2.08. The van der Waals surface area contributed by atoms with Gasteiger partial charge in [0.25, 0.3) is 5.91 Å². The molecule has 0 saturated heterocycles. The number of nitrogens with one attached hydrogen (secondary N) is 1.